The van der Waals surface area contributed by atoms with E-state index in [4.69, 9.17) is 28.4 Å². The summed E-state index contributed by atoms with van der Waals surface area (Å²) in [5, 5.41) is 118. The third kappa shape index (κ3) is 13.5. The largest absolute Gasteiger partial charge is 0.394 e. The number of nitrogens with one attached hydrogen (secondary N) is 1. The topological polar surface area (TPSA) is 307 Å². The van der Waals surface area contributed by atoms with Crippen molar-refractivity contribution in [3.8, 4) is 0 Å². The van der Waals surface area contributed by atoms with Gasteiger partial charge >= 0.3 is 0 Å². The highest BCUT2D eigenvalue weighted by Crippen LogP contribution is 2.32. The van der Waals surface area contributed by atoms with Gasteiger partial charge in [0.15, 0.2) is 18.9 Å². The molecule has 0 aromatic carbocycles. The zero-order valence-corrected chi connectivity index (χ0v) is 31.8. The van der Waals surface area contributed by atoms with Gasteiger partial charge in [-0.3, -0.25) is 4.79 Å². The van der Waals surface area contributed by atoms with Crippen molar-refractivity contribution in [1.82, 2.24) is 5.32 Å². The summed E-state index contributed by atoms with van der Waals surface area (Å²) >= 11 is 0. The van der Waals surface area contributed by atoms with Gasteiger partial charge in [-0.1, -0.05) is 49.8 Å². The minimum atomic E-state index is -1.98. The van der Waals surface area contributed by atoms with E-state index >= 15 is 0 Å². The fourth-order valence-corrected chi connectivity index (χ4v) is 6.38. The van der Waals surface area contributed by atoms with Crippen molar-refractivity contribution >= 4 is 5.91 Å². The summed E-state index contributed by atoms with van der Waals surface area (Å²) < 4.78 is 33.6. The molecule has 0 radical (unpaired) electrons. The average Bonchev–Trinajstić information content (AvgIpc) is 3.19. The van der Waals surface area contributed by atoms with E-state index in [0.29, 0.717) is 12.8 Å². The van der Waals surface area contributed by atoms with Crippen LogP contribution in [-0.2, 0) is 33.2 Å². The Balaban J connectivity index is 1.64. The summed E-state index contributed by atoms with van der Waals surface area (Å²) in [6, 6.07) is -0.984. The van der Waals surface area contributed by atoms with Crippen LogP contribution in [0.5, 0.6) is 0 Å². The molecule has 324 valence electrons. The summed E-state index contributed by atoms with van der Waals surface area (Å²) in [6.07, 6.45) is -10.5. The highest BCUT2D eigenvalue weighted by molar-refractivity contribution is 5.76. The van der Waals surface area contributed by atoms with Crippen molar-refractivity contribution in [2.75, 3.05) is 26.4 Å². The minimum absolute atomic E-state index is 0.204. The van der Waals surface area contributed by atoms with E-state index in [9.17, 15) is 61.0 Å². The molecule has 0 spiro atoms. The molecule has 3 aliphatic rings. The van der Waals surface area contributed by atoms with Crippen LogP contribution in [0.15, 0.2) is 36.5 Å². The number of hydrogen-bond acceptors (Lipinski definition) is 18. The highest BCUT2D eigenvalue weighted by atomic mass is 16.8. The molecular formula is C37H63NO18. The van der Waals surface area contributed by atoms with Gasteiger partial charge in [0.1, 0.15) is 73.2 Å². The monoisotopic (exact) mass is 809 g/mol. The predicted octanol–water partition coefficient (Wildman–Crippen LogP) is -3.26. The summed E-state index contributed by atoms with van der Waals surface area (Å²) in [6.45, 7) is 1.08. The second-order valence-electron chi connectivity index (χ2n) is 14.0. The first-order valence-electron chi connectivity index (χ1n) is 19.2. The summed E-state index contributed by atoms with van der Waals surface area (Å²) in [7, 11) is 0. The lowest BCUT2D eigenvalue weighted by Gasteiger charge is -2.48. The highest BCUT2D eigenvalue weighted by Gasteiger charge is 2.53. The molecule has 3 heterocycles. The Kier molecular flexibility index (Phi) is 21.4. The Bertz CT molecular complexity index is 1200. The fourth-order valence-electron chi connectivity index (χ4n) is 6.38. The Morgan fingerprint density at radius 1 is 0.661 bits per heavy atom. The van der Waals surface area contributed by atoms with Crippen LogP contribution in [0, 0.1) is 0 Å². The Morgan fingerprint density at radius 3 is 1.68 bits per heavy atom. The van der Waals surface area contributed by atoms with Gasteiger partial charge in [-0.2, -0.15) is 0 Å². The van der Waals surface area contributed by atoms with E-state index in [0.717, 1.165) is 25.7 Å². The van der Waals surface area contributed by atoms with Crippen LogP contribution in [0.3, 0.4) is 0 Å². The third-order valence-corrected chi connectivity index (χ3v) is 9.76. The summed E-state index contributed by atoms with van der Waals surface area (Å²) in [5.41, 5.74) is 0. The fraction of sp³-hybridized carbons (Fsp3) is 0.811. The number of rotatable bonds is 22. The quantitative estimate of drug-likeness (QED) is 0.0377. The zero-order valence-electron chi connectivity index (χ0n) is 31.8. The van der Waals surface area contributed by atoms with Crippen molar-refractivity contribution in [2.45, 2.75) is 163 Å². The molecule has 0 aromatic rings. The van der Waals surface area contributed by atoms with Gasteiger partial charge in [0.2, 0.25) is 5.91 Å². The molecule has 56 heavy (non-hydrogen) atoms. The first kappa shape index (κ1) is 48.4. The molecule has 12 N–H and O–H groups in total. The van der Waals surface area contributed by atoms with E-state index in [-0.39, 0.29) is 18.9 Å². The maximum Gasteiger partial charge on any atom is 0.220 e. The van der Waals surface area contributed by atoms with Gasteiger partial charge < -0.3 is 89.9 Å². The number of hydrogen-bond donors (Lipinski definition) is 12. The van der Waals surface area contributed by atoms with Crippen molar-refractivity contribution in [3.63, 3.8) is 0 Å². The second-order valence-corrected chi connectivity index (χ2v) is 14.0. The van der Waals surface area contributed by atoms with Crippen molar-refractivity contribution < 1.29 is 89.4 Å². The molecule has 19 nitrogen and oxygen atoms in total. The molecule has 3 aliphatic heterocycles. The van der Waals surface area contributed by atoms with Crippen molar-refractivity contribution in [2.24, 2.45) is 0 Å². The van der Waals surface area contributed by atoms with Gasteiger partial charge in [0, 0.05) is 6.42 Å². The zero-order chi connectivity index (χ0) is 41.4. The molecule has 0 bridgehead atoms. The lowest BCUT2D eigenvalue weighted by atomic mass is 9.96. The minimum Gasteiger partial charge on any atom is -0.394 e. The first-order valence-corrected chi connectivity index (χ1v) is 19.2. The van der Waals surface area contributed by atoms with E-state index in [1.807, 2.05) is 26.0 Å². The average molecular weight is 810 g/mol. The standard InChI is InChI=1S/C37H63NO18/c1-3-5-7-8-9-10-11-12-13-14-21(42)20(38-25(43)15-6-4-2)19-51-35-31(49)28(46)33(23(17-40)53-35)56-37-32(50)29(47)34(24(18-41)54-37)55-36-30(48)27(45)26(44)22(16-39)52-36/h3,5,9-10,13-14,20-24,26-37,39-42,44-50H,4,6-8,11-12,15-19H2,1-2H3,(H,38,43)/b5-3+,10-9+,14-13+. The van der Waals surface area contributed by atoms with Crippen LogP contribution in [0.4, 0.5) is 0 Å². The van der Waals surface area contributed by atoms with E-state index in [2.05, 4.69) is 17.5 Å². The molecule has 19 heteroatoms. The van der Waals surface area contributed by atoms with E-state index in [1.165, 1.54) is 6.08 Å². The summed E-state index contributed by atoms with van der Waals surface area (Å²) in [5.74, 6) is -0.334. The van der Waals surface area contributed by atoms with Gasteiger partial charge in [-0.15, -0.1) is 0 Å². The molecule has 0 saturated carbocycles. The molecule has 3 rings (SSSR count). The van der Waals surface area contributed by atoms with Crippen molar-refractivity contribution in [1.29, 1.82) is 0 Å². The maximum atomic E-state index is 12.6. The number of carbonyl (C=O) groups excluding carboxylic acids is 1. The lowest BCUT2D eigenvalue weighted by molar-refractivity contribution is -0.379. The van der Waals surface area contributed by atoms with Gasteiger partial charge in [0.25, 0.3) is 0 Å². The molecule has 17 unspecified atom stereocenters. The van der Waals surface area contributed by atoms with Crippen LogP contribution in [0.2, 0.25) is 0 Å². The molecule has 3 fully saturated rings. The Hall–Kier alpha value is -1.99. The molecule has 3 saturated heterocycles. The number of allylic oxidation sites excluding steroid dienone is 5. The first-order chi connectivity index (χ1) is 26.8. The van der Waals surface area contributed by atoms with Gasteiger partial charge in [0.05, 0.1) is 38.6 Å². The molecule has 0 aromatic heterocycles. The van der Waals surface area contributed by atoms with Crippen LogP contribution < -0.4 is 5.32 Å². The van der Waals surface area contributed by atoms with Crippen molar-refractivity contribution in [3.05, 3.63) is 36.5 Å². The molecule has 17 atom stereocenters. The SMILES string of the molecule is C/C=C/CC/C=C/CC/C=C/C(O)C(COC1OC(CO)C(OC2OC(CO)C(OC3OC(CO)C(O)C(O)C3O)C(O)C2O)C(O)C1O)NC(=O)CCCC. The number of carbonyl (C=O) groups is 1. The third-order valence-electron chi connectivity index (χ3n) is 9.76. The number of unbranched alkanes of at least 4 members (excludes halogenated alkanes) is 3. The number of amides is 1. The lowest BCUT2D eigenvalue weighted by Crippen LogP contribution is -2.66. The maximum absolute atomic E-state index is 12.6. The Labute approximate surface area is 326 Å². The van der Waals surface area contributed by atoms with Crippen LogP contribution in [0.25, 0.3) is 0 Å². The predicted molar refractivity (Wildman–Crippen MR) is 194 cm³/mol. The van der Waals surface area contributed by atoms with Crippen LogP contribution >= 0.6 is 0 Å². The van der Waals surface area contributed by atoms with Crippen LogP contribution in [0.1, 0.15) is 58.8 Å². The van der Waals surface area contributed by atoms with E-state index < -0.39 is 124 Å². The summed E-state index contributed by atoms with van der Waals surface area (Å²) in [4.78, 5) is 12.6. The molecule has 1 amide bonds. The number of ether oxygens (including phenoxy) is 6. The number of aliphatic hydroxyl groups is 11. The second kappa shape index (κ2) is 24.8. The van der Waals surface area contributed by atoms with Crippen LogP contribution in [-0.4, -0.2) is 193 Å². The normalized spacial score (nSPS) is 38.1. The number of aliphatic hydroxyl groups excluding tert-OH is 11. The molecular weight excluding hydrogens is 746 g/mol. The Morgan fingerprint density at radius 2 is 1.14 bits per heavy atom. The van der Waals surface area contributed by atoms with Gasteiger partial charge in [-0.25, -0.2) is 0 Å². The van der Waals surface area contributed by atoms with E-state index in [1.54, 1.807) is 6.08 Å². The van der Waals surface area contributed by atoms with Gasteiger partial charge in [-0.05, 0) is 39.0 Å². The molecule has 0 aliphatic carbocycles. The smallest absolute Gasteiger partial charge is 0.220 e.